The van der Waals surface area contributed by atoms with E-state index in [1.54, 1.807) is 0 Å². The van der Waals surface area contributed by atoms with E-state index < -0.39 is 0 Å². The van der Waals surface area contributed by atoms with Crippen LogP contribution in [0, 0.1) is 5.92 Å². The quantitative estimate of drug-likeness (QED) is 0.764. The molecule has 2 aromatic rings. The molecule has 0 N–H and O–H groups in total. The van der Waals surface area contributed by atoms with Crippen molar-refractivity contribution in [3.8, 4) is 0 Å². The van der Waals surface area contributed by atoms with Gasteiger partial charge in [0.2, 0.25) is 0 Å². The molecule has 1 unspecified atom stereocenters. The first-order valence-electron chi connectivity index (χ1n) is 5.70. The number of alkyl halides is 1. The van der Waals surface area contributed by atoms with Crippen molar-refractivity contribution in [2.75, 3.05) is 5.33 Å². The molecule has 0 aliphatic rings. The number of hydrogen-bond acceptors (Lipinski definition) is 1. The molecule has 0 bridgehead atoms. The molecule has 0 saturated carbocycles. The van der Waals surface area contributed by atoms with Crippen molar-refractivity contribution < 1.29 is 0 Å². The zero-order valence-corrected chi connectivity index (χ0v) is 11.1. The number of fused-ring (bicyclic) bond motifs is 1. The Hall–Kier alpha value is -0.890. The maximum atomic E-state index is 4.38. The van der Waals surface area contributed by atoms with E-state index in [1.165, 1.54) is 17.4 Å². The maximum Gasteiger partial charge on any atom is 0.0704 e. The van der Waals surface area contributed by atoms with Gasteiger partial charge in [-0.3, -0.25) is 4.98 Å². The van der Waals surface area contributed by atoms with Gasteiger partial charge in [0.15, 0.2) is 0 Å². The van der Waals surface area contributed by atoms with Gasteiger partial charge in [-0.25, -0.2) is 0 Å². The number of nitrogens with zero attached hydrogens (tertiary/aromatic N) is 1. The summed E-state index contributed by atoms with van der Waals surface area (Å²) in [5.41, 5.74) is 2.52. The highest BCUT2D eigenvalue weighted by atomic mass is 79.9. The minimum Gasteiger partial charge on any atom is -0.256 e. The lowest BCUT2D eigenvalue weighted by atomic mass is 10.00. The Kier molecular flexibility index (Phi) is 3.94. The first-order valence-corrected chi connectivity index (χ1v) is 6.82. The van der Waals surface area contributed by atoms with Crippen LogP contribution in [0.3, 0.4) is 0 Å². The Morgan fingerprint density at radius 1 is 1.25 bits per heavy atom. The van der Waals surface area contributed by atoms with Gasteiger partial charge >= 0.3 is 0 Å². The van der Waals surface area contributed by atoms with E-state index in [0.717, 1.165) is 23.2 Å². The summed E-state index contributed by atoms with van der Waals surface area (Å²) in [5.74, 6) is 0.729. The highest BCUT2D eigenvalue weighted by Crippen LogP contribution is 2.19. The highest BCUT2D eigenvalue weighted by Gasteiger charge is 2.04. The molecular formula is C14H16BrN. The van der Waals surface area contributed by atoms with Crippen LogP contribution in [0.15, 0.2) is 36.5 Å². The van der Waals surface area contributed by atoms with Gasteiger partial charge in [-0.1, -0.05) is 41.1 Å². The molecule has 1 nitrogen and oxygen atoms in total. The molecule has 0 aliphatic heterocycles. The standard InChI is InChI=1S/C14H16BrN/c1-11(10-15)6-7-12-8-9-16-14-5-3-2-4-13(12)14/h2-5,8-9,11H,6-7,10H2,1H3. The van der Waals surface area contributed by atoms with Gasteiger partial charge in [-0.2, -0.15) is 0 Å². The van der Waals surface area contributed by atoms with Crippen LogP contribution in [0.5, 0.6) is 0 Å². The fourth-order valence-electron chi connectivity index (χ4n) is 1.85. The maximum absolute atomic E-state index is 4.38. The second-order valence-corrected chi connectivity index (χ2v) is 4.93. The van der Waals surface area contributed by atoms with E-state index in [-0.39, 0.29) is 0 Å². The number of aryl methyl sites for hydroxylation is 1. The topological polar surface area (TPSA) is 12.9 Å². The molecule has 1 aromatic heterocycles. The number of rotatable bonds is 4. The molecule has 0 radical (unpaired) electrons. The van der Waals surface area contributed by atoms with E-state index in [1.807, 2.05) is 12.3 Å². The number of para-hydroxylation sites is 1. The molecule has 2 heteroatoms. The Balaban J connectivity index is 2.23. The normalized spacial score (nSPS) is 12.9. The van der Waals surface area contributed by atoms with E-state index >= 15 is 0 Å². The molecule has 0 spiro atoms. The zero-order chi connectivity index (χ0) is 11.4. The average Bonchev–Trinajstić information content (AvgIpc) is 2.35. The van der Waals surface area contributed by atoms with Gasteiger partial charge in [0.25, 0.3) is 0 Å². The third kappa shape index (κ3) is 2.62. The second-order valence-electron chi connectivity index (χ2n) is 4.29. The number of benzene rings is 1. The van der Waals surface area contributed by atoms with Crippen molar-refractivity contribution in [1.29, 1.82) is 0 Å². The van der Waals surface area contributed by atoms with Crippen LogP contribution >= 0.6 is 15.9 Å². The van der Waals surface area contributed by atoms with Crippen molar-refractivity contribution in [2.45, 2.75) is 19.8 Å². The minimum absolute atomic E-state index is 0.729. The van der Waals surface area contributed by atoms with Crippen LogP contribution in [-0.2, 0) is 6.42 Å². The van der Waals surface area contributed by atoms with Gasteiger partial charge in [-0.05, 0) is 36.5 Å². The summed E-state index contributed by atoms with van der Waals surface area (Å²) < 4.78 is 0. The summed E-state index contributed by atoms with van der Waals surface area (Å²) in [6, 6.07) is 10.5. The molecule has 1 aromatic carbocycles. The van der Waals surface area contributed by atoms with E-state index in [9.17, 15) is 0 Å². The zero-order valence-electron chi connectivity index (χ0n) is 9.49. The van der Waals surface area contributed by atoms with Crippen molar-refractivity contribution in [3.63, 3.8) is 0 Å². The smallest absolute Gasteiger partial charge is 0.0704 e. The molecule has 0 fully saturated rings. The summed E-state index contributed by atoms with van der Waals surface area (Å²) in [5, 5.41) is 2.38. The minimum atomic E-state index is 0.729. The van der Waals surface area contributed by atoms with E-state index in [0.29, 0.717) is 0 Å². The summed E-state index contributed by atoms with van der Waals surface area (Å²) in [7, 11) is 0. The van der Waals surface area contributed by atoms with Crippen LogP contribution < -0.4 is 0 Å². The lowest BCUT2D eigenvalue weighted by molar-refractivity contribution is 0.601. The molecule has 0 aliphatic carbocycles. The number of hydrogen-bond donors (Lipinski definition) is 0. The lowest BCUT2D eigenvalue weighted by Gasteiger charge is -2.09. The first kappa shape index (κ1) is 11.6. The number of halogens is 1. The molecule has 1 heterocycles. The highest BCUT2D eigenvalue weighted by molar-refractivity contribution is 9.09. The van der Waals surface area contributed by atoms with Crippen LogP contribution in [0.1, 0.15) is 18.9 Å². The Morgan fingerprint density at radius 2 is 2.06 bits per heavy atom. The van der Waals surface area contributed by atoms with Gasteiger partial charge in [-0.15, -0.1) is 0 Å². The summed E-state index contributed by atoms with van der Waals surface area (Å²) in [6.45, 7) is 2.28. The largest absolute Gasteiger partial charge is 0.256 e. The Labute approximate surface area is 105 Å². The third-order valence-corrected chi connectivity index (χ3v) is 4.01. The second kappa shape index (κ2) is 5.44. The molecule has 0 saturated heterocycles. The molecular weight excluding hydrogens is 262 g/mol. The van der Waals surface area contributed by atoms with Crippen molar-refractivity contribution in [1.82, 2.24) is 4.98 Å². The van der Waals surface area contributed by atoms with Gasteiger partial charge in [0.05, 0.1) is 5.52 Å². The van der Waals surface area contributed by atoms with E-state index in [2.05, 4.69) is 52.1 Å². The third-order valence-electron chi connectivity index (χ3n) is 2.91. The number of pyridine rings is 1. The van der Waals surface area contributed by atoms with Crippen LogP contribution in [-0.4, -0.2) is 10.3 Å². The monoisotopic (exact) mass is 277 g/mol. The average molecular weight is 278 g/mol. The SMILES string of the molecule is CC(CBr)CCc1ccnc2ccccc12. The molecule has 0 amide bonds. The first-order chi connectivity index (χ1) is 7.81. The van der Waals surface area contributed by atoms with Crippen LogP contribution in [0.25, 0.3) is 10.9 Å². The fourth-order valence-corrected chi connectivity index (χ4v) is 2.18. The Bertz CT molecular complexity index is 462. The van der Waals surface area contributed by atoms with Crippen molar-refractivity contribution in [2.24, 2.45) is 5.92 Å². The van der Waals surface area contributed by atoms with Crippen LogP contribution in [0.4, 0.5) is 0 Å². The van der Waals surface area contributed by atoms with Crippen LogP contribution in [0.2, 0.25) is 0 Å². The van der Waals surface area contributed by atoms with Gasteiger partial charge in [0.1, 0.15) is 0 Å². The number of aromatic nitrogens is 1. The van der Waals surface area contributed by atoms with Gasteiger partial charge < -0.3 is 0 Å². The molecule has 1 atom stereocenters. The predicted molar refractivity (Wildman–Crippen MR) is 73.0 cm³/mol. The summed E-state index contributed by atoms with van der Waals surface area (Å²) in [4.78, 5) is 4.38. The van der Waals surface area contributed by atoms with Crippen molar-refractivity contribution >= 4 is 26.8 Å². The molecule has 2 rings (SSSR count). The van der Waals surface area contributed by atoms with E-state index in [4.69, 9.17) is 0 Å². The summed E-state index contributed by atoms with van der Waals surface area (Å²) in [6.07, 6.45) is 4.27. The summed E-state index contributed by atoms with van der Waals surface area (Å²) >= 11 is 3.53. The predicted octanol–water partition coefficient (Wildman–Crippen LogP) is 4.20. The van der Waals surface area contributed by atoms with Crippen molar-refractivity contribution in [3.05, 3.63) is 42.1 Å². The molecule has 84 valence electrons. The molecule has 16 heavy (non-hydrogen) atoms. The Morgan fingerprint density at radius 3 is 2.88 bits per heavy atom. The van der Waals surface area contributed by atoms with Gasteiger partial charge in [0, 0.05) is 16.9 Å². The lowest BCUT2D eigenvalue weighted by Crippen LogP contribution is -1.99. The fraction of sp³-hybridized carbons (Fsp3) is 0.357.